The van der Waals surface area contributed by atoms with E-state index in [0.29, 0.717) is 6.42 Å². The van der Waals surface area contributed by atoms with E-state index in [9.17, 15) is 4.79 Å². The predicted octanol–water partition coefficient (Wildman–Crippen LogP) is 0.689. The first kappa shape index (κ1) is 8.98. The molecule has 0 heterocycles. The molecule has 0 bridgehead atoms. The smallest absolute Gasteiger partial charge is 0.120 e. The summed E-state index contributed by atoms with van der Waals surface area (Å²) < 4.78 is 0. The second kappa shape index (κ2) is 6.11. The quantitative estimate of drug-likeness (QED) is 0.460. The predicted molar refractivity (Wildman–Crippen MR) is 39.7 cm³/mol. The highest BCUT2D eigenvalue weighted by Gasteiger charge is 1.97. The number of hydrogen-bond donors (Lipinski definition) is 1. The van der Waals surface area contributed by atoms with Crippen LogP contribution >= 0.6 is 11.8 Å². The van der Waals surface area contributed by atoms with Crippen molar-refractivity contribution in [1.82, 2.24) is 0 Å². The van der Waals surface area contributed by atoms with Crippen molar-refractivity contribution in [2.24, 2.45) is 0 Å². The highest BCUT2D eigenvalue weighted by molar-refractivity contribution is 7.99. The largest absolute Gasteiger partial charge is 0.395 e. The molecule has 0 fully saturated rings. The normalized spacial score (nSPS) is 13.1. The third kappa shape index (κ3) is 5.86. The molecule has 0 aliphatic rings. The van der Waals surface area contributed by atoms with E-state index in [4.69, 9.17) is 5.11 Å². The third-order valence-electron chi connectivity index (χ3n) is 0.895. The average Bonchev–Trinajstić information content (AvgIpc) is 1.89. The second-order valence-electron chi connectivity index (χ2n) is 1.82. The van der Waals surface area contributed by atoms with Crippen LogP contribution in [-0.4, -0.2) is 29.0 Å². The first-order valence-electron chi connectivity index (χ1n) is 2.97. The minimum absolute atomic E-state index is 0.198. The van der Waals surface area contributed by atoms with Crippen molar-refractivity contribution in [2.45, 2.75) is 18.6 Å². The van der Waals surface area contributed by atoms with Crippen LogP contribution in [0.5, 0.6) is 0 Å². The molecule has 0 spiro atoms. The van der Waals surface area contributed by atoms with Crippen molar-refractivity contribution >= 4 is 18.0 Å². The molecule has 0 aromatic rings. The molecule has 0 saturated heterocycles. The standard InChI is InChI=1S/C6H12O2S/c1-6(5-8)9-4-2-3-7/h3,6,8H,2,4-5H2,1H3. The maximum atomic E-state index is 9.80. The van der Waals surface area contributed by atoms with Gasteiger partial charge in [-0.25, -0.2) is 0 Å². The molecular formula is C6H12O2S. The molecule has 9 heavy (non-hydrogen) atoms. The highest BCUT2D eigenvalue weighted by atomic mass is 32.2. The Balaban J connectivity index is 2.96. The first-order valence-corrected chi connectivity index (χ1v) is 4.02. The summed E-state index contributed by atoms with van der Waals surface area (Å²) in [5, 5.41) is 8.79. The molecule has 2 nitrogen and oxygen atoms in total. The zero-order valence-corrected chi connectivity index (χ0v) is 6.36. The summed E-state index contributed by atoms with van der Waals surface area (Å²) in [5.74, 6) is 0.825. The number of carbonyl (C=O) groups excluding carboxylic acids is 1. The average molecular weight is 148 g/mol. The Bertz CT molecular complexity index is 75.5. The molecule has 0 radical (unpaired) electrons. The zero-order valence-electron chi connectivity index (χ0n) is 5.54. The van der Waals surface area contributed by atoms with Crippen LogP contribution in [0.15, 0.2) is 0 Å². The fraction of sp³-hybridized carbons (Fsp3) is 0.833. The third-order valence-corrected chi connectivity index (χ3v) is 2.08. The van der Waals surface area contributed by atoms with Crippen molar-refractivity contribution in [3.05, 3.63) is 0 Å². The number of aldehydes is 1. The second-order valence-corrected chi connectivity index (χ2v) is 3.37. The van der Waals surface area contributed by atoms with Crippen LogP contribution in [0.1, 0.15) is 13.3 Å². The fourth-order valence-electron chi connectivity index (χ4n) is 0.370. The number of thioether (sulfide) groups is 1. The lowest BCUT2D eigenvalue weighted by Gasteiger charge is -2.03. The van der Waals surface area contributed by atoms with E-state index in [1.807, 2.05) is 6.92 Å². The lowest BCUT2D eigenvalue weighted by Crippen LogP contribution is -2.02. The Hall–Kier alpha value is -0.0200. The monoisotopic (exact) mass is 148 g/mol. The Kier molecular flexibility index (Phi) is 6.09. The van der Waals surface area contributed by atoms with Gasteiger partial charge in [0.25, 0.3) is 0 Å². The van der Waals surface area contributed by atoms with Crippen molar-refractivity contribution in [1.29, 1.82) is 0 Å². The van der Waals surface area contributed by atoms with Gasteiger partial charge in [0, 0.05) is 17.4 Å². The van der Waals surface area contributed by atoms with Crippen LogP contribution in [0.25, 0.3) is 0 Å². The number of rotatable bonds is 5. The van der Waals surface area contributed by atoms with Gasteiger partial charge >= 0.3 is 0 Å². The molecule has 3 heteroatoms. The van der Waals surface area contributed by atoms with Gasteiger partial charge in [0.15, 0.2) is 0 Å². The van der Waals surface area contributed by atoms with Crippen molar-refractivity contribution in [3.8, 4) is 0 Å². The van der Waals surface area contributed by atoms with Gasteiger partial charge in [-0.1, -0.05) is 6.92 Å². The number of aliphatic hydroxyl groups excluding tert-OH is 1. The molecule has 0 aromatic carbocycles. The molecule has 0 aromatic heterocycles. The number of hydrogen-bond acceptors (Lipinski definition) is 3. The van der Waals surface area contributed by atoms with Crippen LogP contribution in [0.3, 0.4) is 0 Å². The molecule has 1 atom stereocenters. The van der Waals surface area contributed by atoms with Gasteiger partial charge in [0.05, 0.1) is 6.61 Å². The number of carbonyl (C=O) groups is 1. The van der Waals surface area contributed by atoms with E-state index in [-0.39, 0.29) is 11.9 Å². The van der Waals surface area contributed by atoms with E-state index in [0.717, 1.165) is 12.0 Å². The van der Waals surface area contributed by atoms with E-state index in [1.165, 1.54) is 0 Å². The first-order chi connectivity index (χ1) is 4.31. The minimum atomic E-state index is 0.198. The van der Waals surface area contributed by atoms with E-state index in [1.54, 1.807) is 11.8 Å². The topological polar surface area (TPSA) is 37.3 Å². The van der Waals surface area contributed by atoms with E-state index >= 15 is 0 Å². The van der Waals surface area contributed by atoms with Crippen molar-refractivity contribution in [2.75, 3.05) is 12.4 Å². The highest BCUT2D eigenvalue weighted by Crippen LogP contribution is 2.09. The maximum Gasteiger partial charge on any atom is 0.120 e. The van der Waals surface area contributed by atoms with Gasteiger partial charge < -0.3 is 9.90 Å². The Morgan fingerprint density at radius 1 is 1.78 bits per heavy atom. The Labute approximate surface area is 59.6 Å². The van der Waals surface area contributed by atoms with Crippen LogP contribution in [0.2, 0.25) is 0 Å². The van der Waals surface area contributed by atoms with Crippen molar-refractivity contribution < 1.29 is 9.90 Å². The summed E-state index contributed by atoms with van der Waals surface area (Å²) in [6.07, 6.45) is 1.49. The zero-order chi connectivity index (χ0) is 7.11. The van der Waals surface area contributed by atoms with E-state index in [2.05, 4.69) is 0 Å². The van der Waals surface area contributed by atoms with Crippen molar-refractivity contribution in [3.63, 3.8) is 0 Å². The van der Waals surface area contributed by atoms with Crippen LogP contribution in [-0.2, 0) is 4.79 Å². The summed E-state index contributed by atoms with van der Waals surface area (Å²) in [6.45, 7) is 2.14. The number of aliphatic hydroxyl groups is 1. The molecule has 0 saturated carbocycles. The van der Waals surface area contributed by atoms with Crippen LogP contribution in [0.4, 0.5) is 0 Å². The van der Waals surface area contributed by atoms with Gasteiger partial charge in [-0.2, -0.15) is 11.8 Å². The SMILES string of the molecule is CC(CO)SCCC=O. The lowest BCUT2D eigenvalue weighted by molar-refractivity contribution is -0.107. The Morgan fingerprint density at radius 2 is 2.44 bits per heavy atom. The molecule has 0 aliphatic carbocycles. The van der Waals surface area contributed by atoms with Gasteiger partial charge in [0.1, 0.15) is 6.29 Å². The van der Waals surface area contributed by atoms with Gasteiger partial charge in [-0.15, -0.1) is 0 Å². The molecule has 54 valence electrons. The fourth-order valence-corrected chi connectivity index (χ4v) is 1.11. The minimum Gasteiger partial charge on any atom is -0.395 e. The van der Waals surface area contributed by atoms with E-state index < -0.39 is 0 Å². The molecule has 0 aliphatic heterocycles. The Morgan fingerprint density at radius 3 is 2.89 bits per heavy atom. The lowest BCUT2D eigenvalue weighted by atomic mass is 10.5. The van der Waals surface area contributed by atoms with Gasteiger partial charge in [-0.05, 0) is 0 Å². The van der Waals surface area contributed by atoms with Gasteiger partial charge in [-0.3, -0.25) is 0 Å². The van der Waals surface area contributed by atoms with Gasteiger partial charge in [0.2, 0.25) is 0 Å². The maximum absolute atomic E-state index is 9.80. The van der Waals surface area contributed by atoms with Crippen LogP contribution < -0.4 is 0 Å². The summed E-state index contributed by atoms with van der Waals surface area (Å²) in [7, 11) is 0. The molecule has 0 amide bonds. The summed E-state index contributed by atoms with van der Waals surface area (Å²) >= 11 is 1.62. The molecule has 1 unspecified atom stereocenters. The molecule has 0 rings (SSSR count). The summed E-state index contributed by atoms with van der Waals surface area (Å²) in [4.78, 5) is 9.80. The summed E-state index contributed by atoms with van der Waals surface area (Å²) in [6, 6.07) is 0. The molecule has 1 N–H and O–H groups in total. The summed E-state index contributed by atoms with van der Waals surface area (Å²) in [5.41, 5.74) is 0. The molecular weight excluding hydrogens is 136 g/mol. The van der Waals surface area contributed by atoms with Crippen LogP contribution in [0, 0.1) is 0 Å².